The lowest BCUT2D eigenvalue weighted by Gasteiger charge is -2.07. The molecule has 3 rings (SSSR count). The zero-order valence-electron chi connectivity index (χ0n) is 13.4. The quantitative estimate of drug-likeness (QED) is 0.643. The number of unbranched alkanes of at least 4 members (excludes halogenated alkanes) is 1. The molecule has 0 aliphatic carbocycles. The summed E-state index contributed by atoms with van der Waals surface area (Å²) in [5.74, 6) is 0. The van der Waals surface area contributed by atoms with Crippen molar-refractivity contribution in [3.05, 3.63) is 52.8 Å². The third-order valence-corrected chi connectivity index (χ3v) is 4.60. The van der Waals surface area contributed by atoms with E-state index in [2.05, 4.69) is 35.1 Å². The Kier molecular flexibility index (Phi) is 4.99. The standard InChI is InChI=1S/C19H22ClN3/c1-2-13-6-7-18-16(11-13)14(5-3-4-9-21)19(23-18)15-8-10-22-12-17(15)20/h6-8,10-12,23H,2-5,9,21H2,1H3. The van der Waals surface area contributed by atoms with Crippen molar-refractivity contribution in [1.29, 1.82) is 0 Å². The molecule has 3 nitrogen and oxygen atoms in total. The van der Waals surface area contributed by atoms with Crippen LogP contribution >= 0.6 is 11.6 Å². The molecule has 0 spiro atoms. The molecule has 0 aliphatic rings. The number of benzene rings is 1. The number of nitrogens with zero attached hydrogens (tertiary/aromatic N) is 1. The molecule has 0 amide bonds. The van der Waals surface area contributed by atoms with Gasteiger partial charge in [-0.2, -0.15) is 0 Å². The van der Waals surface area contributed by atoms with Gasteiger partial charge in [-0.25, -0.2) is 0 Å². The van der Waals surface area contributed by atoms with Gasteiger partial charge >= 0.3 is 0 Å². The lowest BCUT2D eigenvalue weighted by atomic mass is 9.99. The van der Waals surface area contributed by atoms with Gasteiger partial charge in [-0.3, -0.25) is 4.98 Å². The molecule has 0 bridgehead atoms. The van der Waals surface area contributed by atoms with E-state index in [1.807, 2.05) is 6.07 Å². The Morgan fingerprint density at radius 1 is 1.22 bits per heavy atom. The number of hydrogen-bond acceptors (Lipinski definition) is 2. The molecular weight excluding hydrogens is 306 g/mol. The molecule has 3 aromatic rings. The molecule has 4 heteroatoms. The van der Waals surface area contributed by atoms with Gasteiger partial charge in [-0.05, 0) is 61.6 Å². The number of hydrogen-bond donors (Lipinski definition) is 2. The maximum absolute atomic E-state index is 6.38. The van der Waals surface area contributed by atoms with Crippen molar-refractivity contribution in [1.82, 2.24) is 9.97 Å². The number of aryl methyl sites for hydroxylation is 2. The highest BCUT2D eigenvalue weighted by molar-refractivity contribution is 6.33. The molecule has 2 aromatic heterocycles. The second-order valence-electron chi connectivity index (χ2n) is 5.81. The first-order valence-electron chi connectivity index (χ1n) is 8.18. The SMILES string of the molecule is CCc1ccc2[nH]c(-c3ccncc3Cl)c(CCCCN)c2c1. The Hall–Kier alpha value is -1.84. The first-order chi connectivity index (χ1) is 11.2. The number of halogens is 1. The maximum Gasteiger partial charge on any atom is 0.0682 e. The molecule has 0 aliphatic heterocycles. The van der Waals surface area contributed by atoms with Crippen LogP contribution in [0.15, 0.2) is 36.7 Å². The average Bonchev–Trinajstić information content (AvgIpc) is 2.93. The van der Waals surface area contributed by atoms with Gasteiger partial charge in [0.2, 0.25) is 0 Å². The largest absolute Gasteiger partial charge is 0.354 e. The summed E-state index contributed by atoms with van der Waals surface area (Å²) in [5, 5.41) is 1.97. The fourth-order valence-corrected chi connectivity index (χ4v) is 3.24. The van der Waals surface area contributed by atoms with E-state index in [0.717, 1.165) is 49.0 Å². The van der Waals surface area contributed by atoms with Gasteiger partial charge in [0.15, 0.2) is 0 Å². The Balaban J connectivity index is 2.15. The third-order valence-electron chi connectivity index (χ3n) is 4.30. The van der Waals surface area contributed by atoms with Crippen LogP contribution in [0.5, 0.6) is 0 Å². The van der Waals surface area contributed by atoms with Crippen LogP contribution in [0, 0.1) is 0 Å². The predicted molar refractivity (Wildman–Crippen MR) is 97.9 cm³/mol. The fourth-order valence-electron chi connectivity index (χ4n) is 3.03. The minimum Gasteiger partial charge on any atom is -0.354 e. The maximum atomic E-state index is 6.38. The van der Waals surface area contributed by atoms with Crippen molar-refractivity contribution in [3.8, 4) is 11.3 Å². The number of nitrogens with one attached hydrogen (secondary N) is 1. The summed E-state index contributed by atoms with van der Waals surface area (Å²) in [4.78, 5) is 7.65. The van der Waals surface area contributed by atoms with Crippen LogP contribution in [0.1, 0.15) is 30.9 Å². The number of nitrogens with two attached hydrogens (primary N) is 1. The highest BCUT2D eigenvalue weighted by atomic mass is 35.5. The van der Waals surface area contributed by atoms with Crippen LogP contribution in [0.3, 0.4) is 0 Å². The minimum absolute atomic E-state index is 0.676. The van der Waals surface area contributed by atoms with Gasteiger partial charge in [0, 0.05) is 28.9 Å². The summed E-state index contributed by atoms with van der Waals surface area (Å²) in [5.41, 5.74) is 11.6. The molecular formula is C19H22ClN3. The van der Waals surface area contributed by atoms with Gasteiger partial charge < -0.3 is 10.7 Å². The topological polar surface area (TPSA) is 54.7 Å². The molecule has 0 radical (unpaired) electrons. The molecule has 0 atom stereocenters. The second-order valence-corrected chi connectivity index (χ2v) is 6.22. The first-order valence-corrected chi connectivity index (χ1v) is 8.55. The normalized spacial score (nSPS) is 11.3. The van der Waals surface area contributed by atoms with Gasteiger partial charge in [-0.1, -0.05) is 24.6 Å². The van der Waals surface area contributed by atoms with Crippen LogP contribution in [-0.2, 0) is 12.8 Å². The summed E-state index contributed by atoms with van der Waals surface area (Å²) < 4.78 is 0. The first kappa shape index (κ1) is 16.0. The molecule has 3 N–H and O–H groups in total. The summed E-state index contributed by atoms with van der Waals surface area (Å²) in [6.07, 6.45) is 7.63. The van der Waals surface area contributed by atoms with Crippen molar-refractivity contribution in [3.63, 3.8) is 0 Å². The zero-order valence-corrected chi connectivity index (χ0v) is 14.2. The van der Waals surface area contributed by atoms with Crippen LogP contribution < -0.4 is 5.73 Å². The number of H-pyrrole nitrogens is 1. The van der Waals surface area contributed by atoms with Crippen LogP contribution in [0.4, 0.5) is 0 Å². The molecule has 1 aromatic carbocycles. The van der Waals surface area contributed by atoms with Crippen molar-refractivity contribution in [2.24, 2.45) is 5.73 Å². The lowest BCUT2D eigenvalue weighted by Crippen LogP contribution is -1.99. The van der Waals surface area contributed by atoms with Crippen LogP contribution in [-0.4, -0.2) is 16.5 Å². The molecule has 120 valence electrons. The van der Waals surface area contributed by atoms with E-state index < -0.39 is 0 Å². The highest BCUT2D eigenvalue weighted by Gasteiger charge is 2.15. The lowest BCUT2D eigenvalue weighted by molar-refractivity contribution is 0.748. The molecule has 0 unspecified atom stereocenters. The van der Waals surface area contributed by atoms with E-state index in [4.69, 9.17) is 17.3 Å². The molecule has 0 saturated carbocycles. The van der Waals surface area contributed by atoms with Gasteiger partial charge in [0.1, 0.15) is 0 Å². The van der Waals surface area contributed by atoms with E-state index >= 15 is 0 Å². The van der Waals surface area contributed by atoms with E-state index in [0.29, 0.717) is 5.02 Å². The van der Waals surface area contributed by atoms with E-state index in [9.17, 15) is 0 Å². The Morgan fingerprint density at radius 3 is 2.83 bits per heavy atom. The van der Waals surface area contributed by atoms with Gasteiger partial charge in [0.25, 0.3) is 0 Å². The van der Waals surface area contributed by atoms with E-state index in [1.165, 1.54) is 16.5 Å². The van der Waals surface area contributed by atoms with E-state index in [-0.39, 0.29) is 0 Å². The Bertz CT molecular complexity index is 807. The number of rotatable bonds is 6. The Labute approximate surface area is 141 Å². The number of aromatic nitrogens is 2. The molecule has 0 fully saturated rings. The Morgan fingerprint density at radius 2 is 2.09 bits per heavy atom. The van der Waals surface area contributed by atoms with Crippen molar-refractivity contribution >= 4 is 22.5 Å². The fraction of sp³-hybridized carbons (Fsp3) is 0.316. The summed E-state index contributed by atoms with van der Waals surface area (Å²) >= 11 is 6.38. The molecule has 0 saturated heterocycles. The molecule has 23 heavy (non-hydrogen) atoms. The van der Waals surface area contributed by atoms with Crippen LogP contribution in [0.2, 0.25) is 5.02 Å². The second kappa shape index (κ2) is 7.16. The van der Waals surface area contributed by atoms with Crippen molar-refractivity contribution in [2.45, 2.75) is 32.6 Å². The number of pyridine rings is 1. The smallest absolute Gasteiger partial charge is 0.0682 e. The van der Waals surface area contributed by atoms with E-state index in [1.54, 1.807) is 12.4 Å². The summed E-state index contributed by atoms with van der Waals surface area (Å²) in [6, 6.07) is 8.61. The number of aromatic amines is 1. The monoisotopic (exact) mass is 327 g/mol. The number of fused-ring (bicyclic) bond motifs is 1. The third kappa shape index (κ3) is 3.26. The van der Waals surface area contributed by atoms with Crippen molar-refractivity contribution < 1.29 is 0 Å². The molecule has 2 heterocycles. The van der Waals surface area contributed by atoms with Gasteiger partial charge in [0.05, 0.1) is 10.7 Å². The zero-order chi connectivity index (χ0) is 16.2. The highest BCUT2D eigenvalue weighted by Crippen LogP contribution is 2.35. The van der Waals surface area contributed by atoms with Crippen LogP contribution in [0.25, 0.3) is 22.2 Å². The summed E-state index contributed by atoms with van der Waals surface area (Å²) in [6.45, 7) is 2.91. The summed E-state index contributed by atoms with van der Waals surface area (Å²) in [7, 11) is 0. The minimum atomic E-state index is 0.676. The average molecular weight is 328 g/mol. The van der Waals surface area contributed by atoms with Crippen molar-refractivity contribution in [2.75, 3.05) is 6.54 Å². The van der Waals surface area contributed by atoms with Gasteiger partial charge in [-0.15, -0.1) is 0 Å². The predicted octanol–water partition coefficient (Wildman–Crippen LogP) is 4.73.